The minimum absolute atomic E-state index is 0.750. The molecule has 2 aromatic carbocycles. The van der Waals surface area contributed by atoms with E-state index in [0.717, 1.165) is 52.5 Å². The monoisotopic (exact) mass is 421 g/mol. The molecule has 0 saturated carbocycles. The maximum absolute atomic E-state index is 5.65. The Balaban J connectivity index is 1.91. The lowest BCUT2D eigenvalue weighted by Gasteiger charge is -2.21. The van der Waals surface area contributed by atoms with E-state index in [1.807, 2.05) is 22.9 Å². The molecule has 1 aliphatic carbocycles. The maximum atomic E-state index is 5.65. The lowest BCUT2D eigenvalue weighted by atomic mass is 9.86. The average molecular weight is 422 g/mol. The predicted molar refractivity (Wildman–Crippen MR) is 123 cm³/mol. The molecule has 0 atom stereocenters. The number of nitrogens with zero attached hydrogens (tertiary/aromatic N) is 3. The number of ether oxygens (including phenoxy) is 2. The summed E-state index contributed by atoms with van der Waals surface area (Å²) in [5, 5.41) is 7.22. The molecular formula is C24H27N3O2S. The largest absolute Gasteiger partial charge is 0.497 e. The van der Waals surface area contributed by atoms with E-state index in [0.29, 0.717) is 0 Å². The van der Waals surface area contributed by atoms with Crippen LogP contribution in [0.4, 0.5) is 0 Å². The quantitative estimate of drug-likeness (QED) is 0.597. The van der Waals surface area contributed by atoms with Crippen LogP contribution in [0.5, 0.6) is 11.5 Å². The molecule has 0 amide bonds. The van der Waals surface area contributed by atoms with Crippen LogP contribution in [0.3, 0.4) is 0 Å². The van der Waals surface area contributed by atoms with Gasteiger partial charge in [0.2, 0.25) is 4.80 Å². The van der Waals surface area contributed by atoms with E-state index in [9.17, 15) is 0 Å². The second-order valence-electron chi connectivity index (χ2n) is 7.51. The van der Waals surface area contributed by atoms with Gasteiger partial charge in [-0.15, -0.1) is 11.3 Å². The summed E-state index contributed by atoms with van der Waals surface area (Å²) in [6.45, 7) is 4.35. The number of aryl methyl sites for hydroxylation is 2. The number of aromatic nitrogens is 1. The van der Waals surface area contributed by atoms with Crippen LogP contribution in [-0.4, -0.2) is 31.7 Å². The standard InChI is InChI=1S/C24H27N3O2S/c1-15-11-16(2)18-7-6-8-21(20(18)12-15)26-27-22(14-30-24(27)25-3)19-10-9-17(28-4)13-23(19)29-5/h9-14H,6-8H2,1-5H3. The summed E-state index contributed by atoms with van der Waals surface area (Å²) in [4.78, 5) is 5.32. The minimum atomic E-state index is 0.750. The molecule has 0 unspecified atom stereocenters. The molecule has 0 bridgehead atoms. The normalized spacial score (nSPS) is 15.4. The number of hydrogen-bond acceptors (Lipinski definition) is 5. The Kier molecular flexibility index (Phi) is 5.77. The van der Waals surface area contributed by atoms with Gasteiger partial charge in [0.25, 0.3) is 0 Å². The van der Waals surface area contributed by atoms with Gasteiger partial charge in [0.05, 0.1) is 25.6 Å². The van der Waals surface area contributed by atoms with Crippen molar-refractivity contribution in [2.75, 3.05) is 21.3 Å². The Morgan fingerprint density at radius 3 is 2.57 bits per heavy atom. The van der Waals surface area contributed by atoms with E-state index in [1.165, 1.54) is 22.3 Å². The number of methoxy groups -OCH3 is 2. The number of hydrogen-bond donors (Lipinski definition) is 0. The Labute approximate surface area is 181 Å². The Bertz CT molecular complexity index is 1190. The van der Waals surface area contributed by atoms with Gasteiger partial charge >= 0.3 is 0 Å². The van der Waals surface area contributed by atoms with Gasteiger partial charge in [-0.25, -0.2) is 4.68 Å². The maximum Gasteiger partial charge on any atom is 0.205 e. The Morgan fingerprint density at radius 2 is 1.83 bits per heavy atom. The van der Waals surface area contributed by atoms with Crippen molar-refractivity contribution >= 4 is 17.0 Å². The second kappa shape index (κ2) is 8.48. The Hall–Kier alpha value is -2.86. The SMILES string of the molecule is CN=c1scc(-c2ccc(OC)cc2OC)n1N=C1CCCc2c(C)cc(C)cc21. The van der Waals surface area contributed by atoms with Crippen molar-refractivity contribution in [1.29, 1.82) is 0 Å². The van der Waals surface area contributed by atoms with Crippen molar-refractivity contribution in [1.82, 2.24) is 4.68 Å². The molecule has 0 spiro atoms. The summed E-state index contributed by atoms with van der Waals surface area (Å²) < 4.78 is 13.0. The fraction of sp³-hybridized carbons (Fsp3) is 0.333. The van der Waals surface area contributed by atoms with Crippen LogP contribution >= 0.6 is 11.3 Å². The molecule has 1 aromatic heterocycles. The molecule has 0 N–H and O–H groups in total. The van der Waals surface area contributed by atoms with Crippen molar-refractivity contribution in [2.45, 2.75) is 33.1 Å². The van der Waals surface area contributed by atoms with Crippen LogP contribution in [0.2, 0.25) is 0 Å². The van der Waals surface area contributed by atoms with Crippen LogP contribution in [0.15, 0.2) is 45.8 Å². The number of fused-ring (bicyclic) bond motifs is 1. The van der Waals surface area contributed by atoms with Crippen molar-refractivity contribution in [3.05, 3.63) is 62.8 Å². The summed E-state index contributed by atoms with van der Waals surface area (Å²) in [5.41, 5.74) is 8.35. The molecule has 0 aliphatic heterocycles. The highest BCUT2D eigenvalue weighted by atomic mass is 32.1. The number of rotatable bonds is 4. The van der Waals surface area contributed by atoms with Gasteiger partial charge < -0.3 is 9.47 Å². The first-order valence-electron chi connectivity index (χ1n) is 10.1. The molecule has 156 valence electrons. The summed E-state index contributed by atoms with van der Waals surface area (Å²) >= 11 is 1.58. The third-order valence-corrected chi connectivity index (χ3v) is 6.46. The smallest absolute Gasteiger partial charge is 0.205 e. The Morgan fingerprint density at radius 1 is 1.00 bits per heavy atom. The number of thiazole rings is 1. The molecule has 1 heterocycles. The third kappa shape index (κ3) is 3.67. The fourth-order valence-corrected chi connectivity index (χ4v) is 4.91. The zero-order chi connectivity index (χ0) is 21.3. The van der Waals surface area contributed by atoms with Crippen LogP contribution in [0, 0.1) is 13.8 Å². The number of benzene rings is 2. The van der Waals surface area contributed by atoms with Gasteiger partial charge in [-0.05, 0) is 62.4 Å². The molecule has 0 fully saturated rings. The van der Waals surface area contributed by atoms with Gasteiger partial charge in [-0.2, -0.15) is 5.10 Å². The molecule has 30 heavy (non-hydrogen) atoms. The van der Waals surface area contributed by atoms with Crippen LogP contribution in [0.25, 0.3) is 11.3 Å². The van der Waals surface area contributed by atoms with E-state index in [1.54, 1.807) is 32.6 Å². The summed E-state index contributed by atoms with van der Waals surface area (Å²) in [7, 11) is 5.14. The van der Waals surface area contributed by atoms with E-state index in [2.05, 4.69) is 36.4 Å². The van der Waals surface area contributed by atoms with E-state index in [-0.39, 0.29) is 0 Å². The first-order chi connectivity index (χ1) is 14.5. The van der Waals surface area contributed by atoms with Gasteiger partial charge in [0, 0.05) is 29.6 Å². The molecule has 6 heteroatoms. The van der Waals surface area contributed by atoms with Crippen molar-refractivity contribution in [3.63, 3.8) is 0 Å². The first-order valence-corrected chi connectivity index (χ1v) is 11.0. The van der Waals surface area contributed by atoms with Crippen LogP contribution in [0.1, 0.15) is 35.1 Å². The zero-order valence-corrected chi connectivity index (χ0v) is 19.0. The summed E-state index contributed by atoms with van der Waals surface area (Å²) in [5.74, 6) is 1.51. The van der Waals surface area contributed by atoms with Crippen molar-refractivity contribution < 1.29 is 9.47 Å². The summed E-state index contributed by atoms with van der Waals surface area (Å²) in [6.07, 6.45) is 3.18. The van der Waals surface area contributed by atoms with Gasteiger partial charge in [0.15, 0.2) is 0 Å². The van der Waals surface area contributed by atoms with Crippen molar-refractivity contribution in [2.24, 2.45) is 10.1 Å². The fourth-order valence-electron chi connectivity index (χ4n) is 4.12. The molecule has 4 rings (SSSR count). The highest BCUT2D eigenvalue weighted by Gasteiger charge is 2.20. The van der Waals surface area contributed by atoms with Gasteiger partial charge in [-0.1, -0.05) is 11.6 Å². The van der Waals surface area contributed by atoms with E-state index < -0.39 is 0 Å². The third-order valence-electron chi connectivity index (χ3n) is 5.55. The zero-order valence-electron chi connectivity index (χ0n) is 18.2. The summed E-state index contributed by atoms with van der Waals surface area (Å²) in [6, 6.07) is 10.4. The van der Waals surface area contributed by atoms with Gasteiger partial charge in [-0.3, -0.25) is 4.99 Å². The molecule has 5 nitrogen and oxygen atoms in total. The van der Waals surface area contributed by atoms with Crippen molar-refractivity contribution in [3.8, 4) is 22.8 Å². The van der Waals surface area contributed by atoms with E-state index in [4.69, 9.17) is 14.6 Å². The molecule has 3 aromatic rings. The van der Waals surface area contributed by atoms with Gasteiger partial charge in [0.1, 0.15) is 11.5 Å². The topological polar surface area (TPSA) is 48.1 Å². The van der Waals surface area contributed by atoms with Crippen LogP contribution in [-0.2, 0) is 6.42 Å². The highest BCUT2D eigenvalue weighted by molar-refractivity contribution is 7.07. The minimum Gasteiger partial charge on any atom is -0.497 e. The average Bonchev–Trinajstić information content (AvgIpc) is 3.16. The predicted octanol–water partition coefficient (Wildman–Crippen LogP) is 4.97. The lowest BCUT2D eigenvalue weighted by molar-refractivity contribution is 0.395. The first kappa shape index (κ1) is 20.4. The molecule has 0 radical (unpaired) electrons. The molecular weight excluding hydrogens is 394 g/mol. The van der Waals surface area contributed by atoms with Crippen LogP contribution < -0.4 is 14.3 Å². The molecule has 1 aliphatic rings. The van der Waals surface area contributed by atoms with E-state index >= 15 is 0 Å². The lowest BCUT2D eigenvalue weighted by Crippen LogP contribution is -2.19. The highest BCUT2D eigenvalue weighted by Crippen LogP contribution is 2.34. The second-order valence-corrected chi connectivity index (χ2v) is 8.35. The molecule has 0 saturated heterocycles.